The Kier molecular flexibility index (Phi) is 11.6. The van der Waals surface area contributed by atoms with Crippen molar-refractivity contribution in [3.63, 3.8) is 0 Å². The number of aliphatic carboxylic acids is 1. The molecule has 1 saturated heterocycles. The summed E-state index contributed by atoms with van der Waals surface area (Å²) in [7, 11) is 0. The zero-order valence-electron chi connectivity index (χ0n) is 19.3. The third-order valence-electron chi connectivity index (χ3n) is 5.55. The first kappa shape index (κ1) is 27.8. The van der Waals surface area contributed by atoms with E-state index in [0.717, 1.165) is 0 Å². The highest BCUT2D eigenvalue weighted by atomic mass is 16.4. The van der Waals surface area contributed by atoms with Crippen LogP contribution >= 0.6 is 0 Å². The lowest BCUT2D eigenvalue weighted by Gasteiger charge is -2.29. The van der Waals surface area contributed by atoms with Gasteiger partial charge in [0.15, 0.2) is 0 Å². The molecule has 5 unspecified atom stereocenters. The molecule has 1 aliphatic rings. The van der Waals surface area contributed by atoms with Crippen LogP contribution in [0.4, 0.5) is 0 Å². The largest absolute Gasteiger partial charge is 0.480 e. The van der Waals surface area contributed by atoms with Crippen molar-refractivity contribution in [3.05, 3.63) is 0 Å². The fraction of sp³-hybridized carbons (Fsp3) is 0.810. The first-order chi connectivity index (χ1) is 15.0. The fourth-order valence-corrected chi connectivity index (χ4v) is 3.70. The van der Waals surface area contributed by atoms with Crippen molar-refractivity contribution in [1.82, 2.24) is 15.5 Å². The van der Waals surface area contributed by atoms with E-state index >= 15 is 0 Å². The van der Waals surface area contributed by atoms with Crippen molar-refractivity contribution in [2.45, 2.75) is 89.6 Å². The standard InChI is InChI=1S/C21H39N5O6/c1-12(2)11-15(25-19(29)17(23)13(3)27)18(28)24-14(7-4-5-9-22)20(30)26-10-6-8-16(26)21(31)32/h12-17,27H,4-11,22-23H2,1-3H3,(H,24,28)(H,25,29)(H,31,32). The number of nitrogens with zero attached hydrogens (tertiary/aromatic N) is 1. The van der Waals surface area contributed by atoms with Crippen LogP contribution < -0.4 is 22.1 Å². The zero-order chi connectivity index (χ0) is 24.4. The van der Waals surface area contributed by atoms with Gasteiger partial charge in [0, 0.05) is 6.54 Å². The first-order valence-corrected chi connectivity index (χ1v) is 11.3. The second-order valence-electron chi connectivity index (χ2n) is 8.83. The molecule has 32 heavy (non-hydrogen) atoms. The Morgan fingerprint density at radius 1 is 1.06 bits per heavy atom. The van der Waals surface area contributed by atoms with E-state index < -0.39 is 54.0 Å². The van der Waals surface area contributed by atoms with Gasteiger partial charge in [-0.3, -0.25) is 14.4 Å². The number of carbonyl (C=O) groups excluding carboxylic acids is 3. The molecule has 1 rings (SSSR count). The Bertz CT molecular complexity index is 657. The van der Waals surface area contributed by atoms with Crippen molar-refractivity contribution in [1.29, 1.82) is 0 Å². The number of carbonyl (C=O) groups is 4. The van der Waals surface area contributed by atoms with E-state index in [1.165, 1.54) is 11.8 Å². The molecule has 1 fully saturated rings. The van der Waals surface area contributed by atoms with Crippen LogP contribution in [0.3, 0.4) is 0 Å². The van der Waals surface area contributed by atoms with E-state index in [2.05, 4.69) is 10.6 Å². The lowest BCUT2D eigenvalue weighted by Crippen LogP contribution is -2.58. The summed E-state index contributed by atoms with van der Waals surface area (Å²) in [4.78, 5) is 51.3. The van der Waals surface area contributed by atoms with Gasteiger partial charge in [-0.05, 0) is 57.9 Å². The predicted octanol–water partition coefficient (Wildman–Crippen LogP) is -1.09. The molecule has 0 spiro atoms. The van der Waals surface area contributed by atoms with E-state index in [0.29, 0.717) is 51.6 Å². The highest BCUT2D eigenvalue weighted by Gasteiger charge is 2.38. The normalized spacial score (nSPS) is 19.8. The molecule has 0 radical (unpaired) electrons. The number of hydrogen-bond donors (Lipinski definition) is 6. The molecule has 3 amide bonds. The van der Waals surface area contributed by atoms with Crippen LogP contribution in [-0.2, 0) is 19.2 Å². The van der Waals surface area contributed by atoms with E-state index in [1.54, 1.807) is 0 Å². The van der Waals surface area contributed by atoms with Crippen molar-refractivity contribution in [2.24, 2.45) is 17.4 Å². The molecule has 0 aliphatic carbocycles. The maximum Gasteiger partial charge on any atom is 0.326 e. The van der Waals surface area contributed by atoms with Crippen LogP contribution in [0.25, 0.3) is 0 Å². The second-order valence-corrected chi connectivity index (χ2v) is 8.83. The molecule has 11 nitrogen and oxygen atoms in total. The van der Waals surface area contributed by atoms with E-state index in [1.807, 2.05) is 13.8 Å². The molecule has 184 valence electrons. The average molecular weight is 458 g/mol. The highest BCUT2D eigenvalue weighted by molar-refractivity contribution is 5.94. The van der Waals surface area contributed by atoms with Gasteiger partial charge >= 0.3 is 5.97 Å². The summed E-state index contributed by atoms with van der Waals surface area (Å²) in [5.74, 6) is -2.69. The number of carboxylic acids is 1. The number of amides is 3. The number of nitrogens with one attached hydrogen (secondary N) is 2. The van der Waals surface area contributed by atoms with Crippen molar-refractivity contribution in [3.8, 4) is 0 Å². The van der Waals surface area contributed by atoms with Gasteiger partial charge < -0.3 is 37.2 Å². The smallest absolute Gasteiger partial charge is 0.326 e. The van der Waals surface area contributed by atoms with Crippen molar-refractivity contribution in [2.75, 3.05) is 13.1 Å². The van der Waals surface area contributed by atoms with Crippen LogP contribution in [-0.4, -0.2) is 82.2 Å². The molecule has 0 aromatic heterocycles. The number of rotatable bonds is 13. The number of aliphatic hydroxyl groups is 1. The van der Waals surface area contributed by atoms with Gasteiger partial charge in [0.1, 0.15) is 24.2 Å². The van der Waals surface area contributed by atoms with Gasteiger partial charge in [-0.25, -0.2) is 4.79 Å². The van der Waals surface area contributed by atoms with Crippen LogP contribution in [0.2, 0.25) is 0 Å². The molecule has 0 aromatic carbocycles. The summed E-state index contributed by atoms with van der Waals surface area (Å²) in [6.45, 7) is 5.89. The van der Waals surface area contributed by atoms with Gasteiger partial charge in [-0.1, -0.05) is 13.8 Å². The van der Waals surface area contributed by atoms with Crippen LogP contribution in [0.5, 0.6) is 0 Å². The summed E-state index contributed by atoms with van der Waals surface area (Å²) in [5.41, 5.74) is 11.2. The second kappa shape index (κ2) is 13.3. The zero-order valence-corrected chi connectivity index (χ0v) is 19.3. The molecule has 5 atom stereocenters. The molecule has 0 saturated carbocycles. The number of nitrogens with two attached hydrogens (primary N) is 2. The topological polar surface area (TPSA) is 188 Å². The average Bonchev–Trinajstić information content (AvgIpc) is 3.21. The van der Waals surface area contributed by atoms with Crippen LogP contribution in [0.1, 0.15) is 59.3 Å². The summed E-state index contributed by atoms with van der Waals surface area (Å²) in [6, 6.07) is -3.98. The Labute approximate surface area is 189 Å². The van der Waals surface area contributed by atoms with E-state index in [-0.39, 0.29) is 5.92 Å². The van der Waals surface area contributed by atoms with Gasteiger partial charge in [0.25, 0.3) is 0 Å². The van der Waals surface area contributed by atoms with E-state index in [9.17, 15) is 29.4 Å². The lowest BCUT2D eigenvalue weighted by molar-refractivity contribution is -0.149. The minimum Gasteiger partial charge on any atom is -0.480 e. The Hall–Kier alpha value is -2.24. The minimum absolute atomic E-state index is 0.0511. The number of carboxylic acid groups (broad SMARTS) is 1. The van der Waals surface area contributed by atoms with Gasteiger partial charge in [-0.2, -0.15) is 0 Å². The molecular formula is C21H39N5O6. The summed E-state index contributed by atoms with van der Waals surface area (Å²) >= 11 is 0. The summed E-state index contributed by atoms with van der Waals surface area (Å²) < 4.78 is 0. The quantitative estimate of drug-likeness (QED) is 0.188. The molecular weight excluding hydrogens is 418 g/mol. The first-order valence-electron chi connectivity index (χ1n) is 11.3. The fourth-order valence-electron chi connectivity index (χ4n) is 3.70. The lowest BCUT2D eigenvalue weighted by atomic mass is 10.0. The number of likely N-dealkylation sites (tertiary alicyclic amines) is 1. The molecule has 1 heterocycles. The van der Waals surface area contributed by atoms with Crippen molar-refractivity contribution >= 4 is 23.7 Å². The number of aliphatic hydroxyl groups excluding tert-OH is 1. The Balaban J connectivity index is 2.99. The van der Waals surface area contributed by atoms with Gasteiger partial charge in [0.2, 0.25) is 17.7 Å². The summed E-state index contributed by atoms with van der Waals surface area (Å²) in [6.07, 6.45) is 1.69. The van der Waals surface area contributed by atoms with Gasteiger partial charge in [0.05, 0.1) is 6.10 Å². The molecule has 8 N–H and O–H groups in total. The van der Waals surface area contributed by atoms with E-state index in [4.69, 9.17) is 11.5 Å². The number of unbranched alkanes of at least 4 members (excludes halogenated alkanes) is 1. The predicted molar refractivity (Wildman–Crippen MR) is 118 cm³/mol. The molecule has 0 bridgehead atoms. The third kappa shape index (κ3) is 8.36. The SMILES string of the molecule is CC(C)CC(NC(=O)C(N)C(C)O)C(=O)NC(CCCCN)C(=O)N1CCCC1C(=O)O. The molecule has 11 heteroatoms. The maximum absolute atomic E-state index is 13.1. The third-order valence-corrected chi connectivity index (χ3v) is 5.55. The minimum atomic E-state index is -1.19. The summed E-state index contributed by atoms with van der Waals surface area (Å²) in [5, 5.41) is 24.2. The Morgan fingerprint density at radius 2 is 1.69 bits per heavy atom. The maximum atomic E-state index is 13.1. The Morgan fingerprint density at radius 3 is 2.22 bits per heavy atom. The monoisotopic (exact) mass is 457 g/mol. The van der Waals surface area contributed by atoms with Gasteiger partial charge in [-0.15, -0.1) is 0 Å². The highest BCUT2D eigenvalue weighted by Crippen LogP contribution is 2.20. The van der Waals surface area contributed by atoms with Crippen molar-refractivity contribution < 1.29 is 29.4 Å². The molecule has 1 aliphatic heterocycles. The molecule has 0 aromatic rings. The van der Waals surface area contributed by atoms with Crippen LogP contribution in [0, 0.1) is 5.92 Å². The number of hydrogen-bond acceptors (Lipinski definition) is 7. The van der Waals surface area contributed by atoms with Crippen LogP contribution in [0.15, 0.2) is 0 Å².